The lowest BCUT2D eigenvalue weighted by atomic mass is 9.98. The Kier molecular flexibility index (Phi) is 5.89. The number of ether oxygens (including phenoxy) is 7. The molecule has 164 valence electrons. The van der Waals surface area contributed by atoms with Crippen molar-refractivity contribution in [3.8, 4) is 0 Å². The minimum atomic E-state index is -1.24. The fourth-order valence-corrected chi connectivity index (χ4v) is 3.66. The fraction of sp³-hybridized carbons (Fsp3) is 0.833. The molecule has 3 aliphatic rings. The lowest BCUT2D eigenvalue weighted by molar-refractivity contribution is -0.231. The number of carbonyl (C=O) groups is 3. The number of nitrogens with one attached hydrogen (secondary N) is 1. The predicted molar refractivity (Wildman–Crippen MR) is 93.1 cm³/mol. The molecule has 1 amide bonds. The van der Waals surface area contributed by atoms with E-state index in [0.717, 1.165) is 7.11 Å². The Balaban J connectivity index is 1.79. The zero-order chi connectivity index (χ0) is 21.6. The SMILES string of the molecule is COC(=O)C[C@H](NC(=O)[C@H]1O[C@@H]2OC(C)(C)O[C@@H]2[C@H]2OC(C)(C)O[C@H]21)C(=O)OC. The number of hydrogen-bond acceptors (Lipinski definition) is 10. The molecule has 3 saturated heterocycles. The number of amides is 1. The van der Waals surface area contributed by atoms with Crippen molar-refractivity contribution in [1.82, 2.24) is 5.32 Å². The molecule has 3 aliphatic heterocycles. The van der Waals surface area contributed by atoms with E-state index >= 15 is 0 Å². The van der Waals surface area contributed by atoms with Crippen molar-refractivity contribution in [1.29, 1.82) is 0 Å². The number of methoxy groups -OCH3 is 2. The van der Waals surface area contributed by atoms with Crippen LogP contribution in [0.25, 0.3) is 0 Å². The van der Waals surface area contributed by atoms with Gasteiger partial charge in [0, 0.05) is 0 Å². The lowest BCUT2D eigenvalue weighted by Crippen LogP contribution is -2.61. The molecule has 0 aliphatic carbocycles. The molecule has 3 heterocycles. The summed E-state index contributed by atoms with van der Waals surface area (Å²) in [4.78, 5) is 36.6. The van der Waals surface area contributed by atoms with E-state index in [0.29, 0.717) is 0 Å². The van der Waals surface area contributed by atoms with E-state index < -0.39 is 72.6 Å². The van der Waals surface area contributed by atoms with Gasteiger partial charge >= 0.3 is 11.9 Å². The Morgan fingerprint density at radius 2 is 1.48 bits per heavy atom. The molecule has 11 heteroatoms. The Bertz CT molecular complexity index is 678. The highest BCUT2D eigenvalue weighted by molar-refractivity contribution is 5.90. The zero-order valence-electron chi connectivity index (χ0n) is 17.3. The molecule has 6 atom stereocenters. The van der Waals surface area contributed by atoms with Crippen molar-refractivity contribution in [2.24, 2.45) is 0 Å². The standard InChI is InChI=1S/C18H27NO10/c1-17(2)26-10-11(27-17)13-16(29-18(3,4)28-13)25-12(10)14(21)19-8(15(22)24-6)7-9(20)23-5/h8,10-13,16H,7H2,1-6H3,(H,19,21)/t8-,10+,11-,12-,13+,16+/m0/s1. The third-order valence-corrected chi connectivity index (χ3v) is 4.81. The molecule has 3 fully saturated rings. The number of esters is 2. The monoisotopic (exact) mass is 417 g/mol. The lowest BCUT2D eigenvalue weighted by Gasteiger charge is -2.36. The molecule has 0 spiro atoms. The molecule has 0 saturated carbocycles. The second kappa shape index (κ2) is 7.80. The maximum atomic E-state index is 13.0. The Morgan fingerprint density at radius 3 is 2.10 bits per heavy atom. The van der Waals surface area contributed by atoms with E-state index in [-0.39, 0.29) is 0 Å². The summed E-state index contributed by atoms with van der Waals surface area (Å²) >= 11 is 0. The van der Waals surface area contributed by atoms with E-state index in [2.05, 4.69) is 14.8 Å². The summed E-state index contributed by atoms with van der Waals surface area (Å²) in [6, 6.07) is -1.24. The smallest absolute Gasteiger partial charge is 0.328 e. The molecular weight excluding hydrogens is 390 g/mol. The summed E-state index contributed by atoms with van der Waals surface area (Å²) < 4.78 is 38.5. The van der Waals surface area contributed by atoms with Gasteiger partial charge in [-0.1, -0.05) is 0 Å². The number of fused-ring (bicyclic) bond motifs is 3. The Hall–Kier alpha value is -1.79. The number of hydrogen-bond donors (Lipinski definition) is 1. The van der Waals surface area contributed by atoms with Gasteiger partial charge in [-0.15, -0.1) is 0 Å². The molecular formula is C18H27NO10. The van der Waals surface area contributed by atoms with Gasteiger partial charge in [0.2, 0.25) is 0 Å². The van der Waals surface area contributed by atoms with Crippen LogP contribution in [0.3, 0.4) is 0 Å². The van der Waals surface area contributed by atoms with E-state index in [1.807, 2.05) is 0 Å². The van der Waals surface area contributed by atoms with Gasteiger partial charge in [-0.3, -0.25) is 9.59 Å². The topological polar surface area (TPSA) is 128 Å². The zero-order valence-corrected chi connectivity index (χ0v) is 17.3. The molecule has 0 aromatic carbocycles. The van der Waals surface area contributed by atoms with Crippen LogP contribution in [-0.4, -0.2) is 80.4 Å². The summed E-state index contributed by atoms with van der Waals surface area (Å²) in [6.07, 6.45) is -4.44. The van der Waals surface area contributed by atoms with Crippen LogP contribution in [0.15, 0.2) is 0 Å². The van der Waals surface area contributed by atoms with E-state index in [4.69, 9.17) is 23.7 Å². The van der Waals surface area contributed by atoms with Crippen molar-refractivity contribution in [2.45, 2.75) is 82.4 Å². The summed E-state index contributed by atoms with van der Waals surface area (Å²) in [5.41, 5.74) is 0. The van der Waals surface area contributed by atoms with E-state index in [1.165, 1.54) is 7.11 Å². The van der Waals surface area contributed by atoms with Gasteiger partial charge in [0.25, 0.3) is 5.91 Å². The van der Waals surface area contributed by atoms with Gasteiger partial charge < -0.3 is 38.5 Å². The van der Waals surface area contributed by atoms with Crippen molar-refractivity contribution >= 4 is 17.8 Å². The van der Waals surface area contributed by atoms with Crippen LogP contribution >= 0.6 is 0 Å². The first-order chi connectivity index (χ1) is 13.5. The predicted octanol–water partition coefficient (Wildman–Crippen LogP) is -0.396. The second-order valence-corrected chi connectivity index (χ2v) is 7.95. The minimum absolute atomic E-state index is 0.392. The average molecular weight is 417 g/mol. The van der Waals surface area contributed by atoms with Crippen LogP contribution in [0.2, 0.25) is 0 Å². The van der Waals surface area contributed by atoms with Crippen LogP contribution in [0.5, 0.6) is 0 Å². The molecule has 0 unspecified atom stereocenters. The highest BCUT2D eigenvalue weighted by atomic mass is 16.9. The van der Waals surface area contributed by atoms with Gasteiger partial charge in [0.05, 0.1) is 20.6 Å². The molecule has 0 aromatic heterocycles. The molecule has 0 bridgehead atoms. The molecule has 0 aromatic rings. The summed E-state index contributed by atoms with van der Waals surface area (Å²) in [5, 5.41) is 2.47. The normalized spacial score (nSPS) is 35.2. The van der Waals surface area contributed by atoms with Gasteiger partial charge in [0.15, 0.2) is 24.0 Å². The van der Waals surface area contributed by atoms with Crippen molar-refractivity contribution in [2.75, 3.05) is 14.2 Å². The molecule has 29 heavy (non-hydrogen) atoms. The van der Waals surface area contributed by atoms with E-state index in [1.54, 1.807) is 27.7 Å². The van der Waals surface area contributed by atoms with Crippen LogP contribution < -0.4 is 5.32 Å². The second-order valence-electron chi connectivity index (χ2n) is 7.95. The highest BCUT2D eigenvalue weighted by Crippen LogP contribution is 2.44. The maximum Gasteiger partial charge on any atom is 0.328 e. The molecule has 1 N–H and O–H groups in total. The number of carbonyl (C=O) groups excluding carboxylic acids is 3. The van der Waals surface area contributed by atoms with Crippen LogP contribution in [0.4, 0.5) is 0 Å². The van der Waals surface area contributed by atoms with Crippen LogP contribution in [-0.2, 0) is 47.5 Å². The summed E-state index contributed by atoms with van der Waals surface area (Å²) in [5.74, 6) is -4.05. The Morgan fingerprint density at radius 1 is 0.897 bits per heavy atom. The largest absolute Gasteiger partial charge is 0.469 e. The van der Waals surface area contributed by atoms with Crippen molar-refractivity contribution in [3.05, 3.63) is 0 Å². The Labute approximate surface area is 168 Å². The van der Waals surface area contributed by atoms with Gasteiger partial charge in [-0.2, -0.15) is 0 Å². The van der Waals surface area contributed by atoms with Gasteiger partial charge in [-0.05, 0) is 27.7 Å². The first-order valence-electron chi connectivity index (χ1n) is 9.28. The highest BCUT2D eigenvalue weighted by Gasteiger charge is 2.62. The van der Waals surface area contributed by atoms with Crippen LogP contribution in [0.1, 0.15) is 34.1 Å². The quantitative estimate of drug-likeness (QED) is 0.590. The van der Waals surface area contributed by atoms with Crippen molar-refractivity contribution < 1.29 is 47.5 Å². The number of rotatable bonds is 5. The van der Waals surface area contributed by atoms with E-state index in [9.17, 15) is 14.4 Å². The molecule has 0 radical (unpaired) electrons. The first-order valence-corrected chi connectivity index (χ1v) is 9.28. The summed E-state index contributed by atoms with van der Waals surface area (Å²) in [6.45, 7) is 6.88. The third kappa shape index (κ3) is 4.53. The van der Waals surface area contributed by atoms with Crippen molar-refractivity contribution in [3.63, 3.8) is 0 Å². The molecule has 3 rings (SSSR count). The fourth-order valence-electron chi connectivity index (χ4n) is 3.66. The van der Waals surface area contributed by atoms with Gasteiger partial charge in [0.1, 0.15) is 24.4 Å². The third-order valence-electron chi connectivity index (χ3n) is 4.81. The van der Waals surface area contributed by atoms with Crippen LogP contribution in [0, 0.1) is 0 Å². The minimum Gasteiger partial charge on any atom is -0.469 e. The maximum absolute atomic E-state index is 13.0. The average Bonchev–Trinajstić information content (AvgIpc) is 3.13. The van der Waals surface area contributed by atoms with Gasteiger partial charge in [-0.25, -0.2) is 4.79 Å². The molecule has 11 nitrogen and oxygen atoms in total. The summed E-state index contributed by atoms with van der Waals surface area (Å²) in [7, 11) is 2.33. The first kappa shape index (κ1) is 21.9.